The van der Waals surface area contributed by atoms with Crippen LogP contribution < -0.4 is 10.6 Å². The number of rotatable bonds is 4. The first-order chi connectivity index (χ1) is 16.6. The van der Waals surface area contributed by atoms with Gasteiger partial charge in [0.1, 0.15) is 0 Å². The number of fused-ring (bicyclic) bond motifs is 4. The molecule has 4 saturated heterocycles. The molecule has 4 atom stereocenters. The van der Waals surface area contributed by atoms with Gasteiger partial charge in [0.15, 0.2) is 0 Å². The van der Waals surface area contributed by atoms with Gasteiger partial charge in [-0.15, -0.1) is 24.8 Å². The molecule has 8 heteroatoms. The molecule has 200 valence electrons. The van der Waals surface area contributed by atoms with Gasteiger partial charge >= 0.3 is 0 Å². The fraction of sp³-hybridized carbons (Fsp3) is 0.571. The van der Waals surface area contributed by atoms with Crippen LogP contribution in [-0.4, -0.2) is 110 Å². The van der Waals surface area contributed by atoms with E-state index in [1.54, 1.807) is 0 Å². The standard InChI is InChI=1S/C21H27N3.C7H15N3.2ClH/c1-22-14-20-16-23(12-18-8-4-2-5-9-18)17-21(15-22)24(20)13-19-10-6-3-7-11-19;1-10-4-6-2-8-3-7(5-10)9-6;;/h2-11,20-21H,12-17H2,1H3;6-9H,2-5H2,1H3;2*1H. The summed E-state index contributed by atoms with van der Waals surface area (Å²) < 4.78 is 0. The maximum atomic E-state index is 3.58. The highest BCUT2D eigenvalue weighted by Crippen LogP contribution is 2.25. The van der Waals surface area contributed by atoms with E-state index in [2.05, 4.69) is 105 Å². The number of hydrogen-bond donors (Lipinski definition) is 2. The first-order valence-corrected chi connectivity index (χ1v) is 13.0. The minimum Gasteiger partial charge on any atom is -0.314 e. The summed E-state index contributed by atoms with van der Waals surface area (Å²) in [5.41, 5.74) is 2.87. The molecule has 6 rings (SSSR count). The molecule has 0 amide bonds. The Morgan fingerprint density at radius 2 is 1.11 bits per heavy atom. The second-order valence-electron chi connectivity index (χ2n) is 10.8. The Balaban J connectivity index is 0.000000254. The van der Waals surface area contributed by atoms with Crippen LogP contribution in [0.25, 0.3) is 0 Å². The van der Waals surface area contributed by atoms with E-state index in [0.717, 1.165) is 26.2 Å². The molecular formula is C28H44Cl2N6. The average molecular weight is 536 g/mol. The van der Waals surface area contributed by atoms with Crippen LogP contribution in [0, 0.1) is 0 Å². The van der Waals surface area contributed by atoms with E-state index in [9.17, 15) is 0 Å². The fourth-order valence-electron chi connectivity index (χ4n) is 6.27. The van der Waals surface area contributed by atoms with Gasteiger partial charge in [0.05, 0.1) is 0 Å². The summed E-state index contributed by atoms with van der Waals surface area (Å²) in [4.78, 5) is 10.3. The van der Waals surface area contributed by atoms with Crippen LogP contribution >= 0.6 is 24.8 Å². The number of benzene rings is 2. The van der Waals surface area contributed by atoms with Crippen LogP contribution in [0.2, 0.25) is 0 Å². The summed E-state index contributed by atoms with van der Waals surface area (Å²) in [7, 11) is 4.47. The predicted octanol–water partition coefficient (Wildman–Crippen LogP) is 2.39. The molecule has 4 bridgehead atoms. The molecule has 6 nitrogen and oxygen atoms in total. The molecule has 36 heavy (non-hydrogen) atoms. The molecule has 2 N–H and O–H groups in total. The van der Waals surface area contributed by atoms with E-state index in [-0.39, 0.29) is 24.8 Å². The lowest BCUT2D eigenvalue weighted by atomic mass is 9.98. The maximum Gasteiger partial charge on any atom is 0.0358 e. The van der Waals surface area contributed by atoms with Gasteiger partial charge in [-0.3, -0.25) is 9.80 Å². The van der Waals surface area contributed by atoms with Crippen molar-refractivity contribution in [3.63, 3.8) is 0 Å². The van der Waals surface area contributed by atoms with Crippen molar-refractivity contribution >= 4 is 24.8 Å². The molecular weight excluding hydrogens is 491 g/mol. The van der Waals surface area contributed by atoms with Crippen LogP contribution in [0.4, 0.5) is 0 Å². The van der Waals surface area contributed by atoms with Gasteiger partial charge in [-0.2, -0.15) is 0 Å². The third-order valence-corrected chi connectivity index (χ3v) is 7.69. The summed E-state index contributed by atoms with van der Waals surface area (Å²) in [6, 6.07) is 24.5. The fourth-order valence-corrected chi connectivity index (χ4v) is 6.27. The number of hydrogen-bond acceptors (Lipinski definition) is 6. The van der Waals surface area contributed by atoms with Crippen molar-refractivity contribution in [1.82, 2.24) is 30.2 Å². The smallest absolute Gasteiger partial charge is 0.0358 e. The van der Waals surface area contributed by atoms with Crippen molar-refractivity contribution in [2.75, 3.05) is 66.5 Å². The maximum absolute atomic E-state index is 3.58. The van der Waals surface area contributed by atoms with E-state index in [4.69, 9.17) is 0 Å². The van der Waals surface area contributed by atoms with Crippen molar-refractivity contribution in [3.05, 3.63) is 71.8 Å². The predicted molar refractivity (Wildman–Crippen MR) is 154 cm³/mol. The Morgan fingerprint density at radius 3 is 1.64 bits per heavy atom. The molecule has 4 heterocycles. The Bertz CT molecular complexity index is 856. The van der Waals surface area contributed by atoms with Crippen LogP contribution in [0.3, 0.4) is 0 Å². The van der Waals surface area contributed by atoms with Crippen molar-refractivity contribution in [2.24, 2.45) is 0 Å². The molecule has 0 aliphatic carbocycles. The zero-order valence-corrected chi connectivity index (χ0v) is 23.4. The summed E-state index contributed by atoms with van der Waals surface area (Å²) in [5.74, 6) is 0. The number of likely N-dealkylation sites (N-methyl/N-ethyl adjacent to an activating group) is 2. The van der Waals surface area contributed by atoms with Gasteiger partial charge in [-0.25, -0.2) is 0 Å². The molecule has 4 aliphatic heterocycles. The van der Waals surface area contributed by atoms with Crippen LogP contribution in [0.1, 0.15) is 11.1 Å². The van der Waals surface area contributed by atoms with E-state index < -0.39 is 0 Å². The zero-order chi connectivity index (χ0) is 23.3. The SMILES string of the molecule is CN1CC2CN(Cc3ccccc3)CC(C1)N2Cc1ccccc1.CN1CC2CNCC(C1)N2.Cl.Cl. The van der Waals surface area contributed by atoms with E-state index >= 15 is 0 Å². The van der Waals surface area contributed by atoms with Crippen LogP contribution in [0.5, 0.6) is 0 Å². The van der Waals surface area contributed by atoms with Gasteiger partial charge in [-0.1, -0.05) is 60.7 Å². The summed E-state index contributed by atoms with van der Waals surface area (Å²) >= 11 is 0. The number of nitrogens with one attached hydrogen (secondary N) is 2. The molecule has 0 aromatic heterocycles. The lowest BCUT2D eigenvalue weighted by Crippen LogP contribution is -2.67. The van der Waals surface area contributed by atoms with E-state index in [0.29, 0.717) is 24.2 Å². The Labute approximate surface area is 230 Å². The van der Waals surface area contributed by atoms with Gasteiger partial charge in [0.25, 0.3) is 0 Å². The molecule has 4 aliphatic rings. The van der Waals surface area contributed by atoms with Crippen molar-refractivity contribution in [2.45, 2.75) is 37.3 Å². The summed E-state index contributed by atoms with van der Waals surface area (Å²) in [6.07, 6.45) is 0. The van der Waals surface area contributed by atoms with Crippen LogP contribution in [0.15, 0.2) is 60.7 Å². The molecule has 2 aromatic rings. The largest absolute Gasteiger partial charge is 0.314 e. The Morgan fingerprint density at radius 1 is 0.639 bits per heavy atom. The highest BCUT2D eigenvalue weighted by atomic mass is 35.5. The molecule has 4 fully saturated rings. The van der Waals surface area contributed by atoms with Crippen LogP contribution in [-0.2, 0) is 13.1 Å². The third-order valence-electron chi connectivity index (χ3n) is 7.69. The normalized spacial score (nSPS) is 28.7. The van der Waals surface area contributed by atoms with Gasteiger partial charge in [0.2, 0.25) is 0 Å². The van der Waals surface area contributed by atoms with Crippen molar-refractivity contribution in [1.29, 1.82) is 0 Å². The molecule has 0 spiro atoms. The third kappa shape index (κ3) is 7.89. The minimum absolute atomic E-state index is 0. The Kier molecular flexibility index (Phi) is 11.5. The molecule has 0 saturated carbocycles. The second kappa shape index (κ2) is 14.1. The van der Waals surface area contributed by atoms with E-state index in [1.165, 1.54) is 50.4 Å². The molecule has 4 unspecified atom stereocenters. The van der Waals surface area contributed by atoms with Crippen molar-refractivity contribution < 1.29 is 0 Å². The highest BCUT2D eigenvalue weighted by Gasteiger charge is 2.39. The highest BCUT2D eigenvalue weighted by molar-refractivity contribution is 5.85. The van der Waals surface area contributed by atoms with Gasteiger partial charge in [0, 0.05) is 89.6 Å². The first kappa shape index (κ1) is 29.3. The zero-order valence-electron chi connectivity index (χ0n) is 21.8. The Hall–Kier alpha value is -1.22. The first-order valence-electron chi connectivity index (χ1n) is 13.0. The monoisotopic (exact) mass is 534 g/mol. The quantitative estimate of drug-likeness (QED) is 0.627. The van der Waals surface area contributed by atoms with Gasteiger partial charge in [-0.05, 0) is 25.2 Å². The molecule has 0 radical (unpaired) electrons. The van der Waals surface area contributed by atoms with E-state index in [1.807, 2.05) is 0 Å². The minimum atomic E-state index is 0. The summed E-state index contributed by atoms with van der Waals surface area (Å²) in [5, 5.41) is 7.00. The van der Waals surface area contributed by atoms with Crippen molar-refractivity contribution in [3.8, 4) is 0 Å². The lowest BCUT2D eigenvalue weighted by molar-refractivity contribution is -0.0450. The second-order valence-corrected chi connectivity index (χ2v) is 10.8. The average Bonchev–Trinajstić information content (AvgIpc) is 2.81. The number of piperazine rings is 4. The molecule has 2 aromatic carbocycles. The number of nitrogens with zero attached hydrogens (tertiary/aromatic N) is 4. The lowest BCUT2D eigenvalue weighted by Gasteiger charge is -2.52. The number of halogens is 2. The topological polar surface area (TPSA) is 37.0 Å². The summed E-state index contributed by atoms with van der Waals surface area (Å²) in [6.45, 7) is 11.5. The van der Waals surface area contributed by atoms with Gasteiger partial charge < -0.3 is 20.4 Å².